The fourth-order valence-electron chi connectivity index (χ4n) is 3.12. The predicted molar refractivity (Wildman–Crippen MR) is 92.1 cm³/mol. The van der Waals surface area contributed by atoms with Gasteiger partial charge in [-0.25, -0.2) is 22.4 Å². The summed E-state index contributed by atoms with van der Waals surface area (Å²) in [5.41, 5.74) is 2.93. The number of rotatable bonds is 3. The van der Waals surface area contributed by atoms with Crippen molar-refractivity contribution >= 4 is 21.7 Å². The zero-order valence-electron chi connectivity index (χ0n) is 13.8. The molecule has 5 nitrogen and oxygen atoms in total. The van der Waals surface area contributed by atoms with Crippen molar-refractivity contribution in [3.05, 3.63) is 42.0 Å². The maximum atomic E-state index is 13.3. The van der Waals surface area contributed by atoms with Crippen LogP contribution in [0.1, 0.15) is 12.0 Å². The number of nitrogens with zero attached hydrogens (tertiary/aromatic N) is 3. The Morgan fingerprint density at radius 1 is 1.24 bits per heavy atom. The average Bonchev–Trinajstić information content (AvgIpc) is 3.12. The van der Waals surface area contributed by atoms with Crippen LogP contribution in [0.3, 0.4) is 0 Å². The highest BCUT2D eigenvalue weighted by atomic mass is 32.2. The van der Waals surface area contributed by atoms with Crippen molar-refractivity contribution in [3.8, 4) is 11.3 Å². The molecule has 0 bridgehead atoms. The maximum Gasteiger partial charge on any atom is 0.327 e. The molecule has 4 rings (SSSR count). The molecule has 1 aromatic carbocycles. The SMILES string of the molecule is Cc1ccccc1-c1ccc2c(n1)N(C)S(=O)(=O)N2CC1CC1(F)F. The van der Waals surface area contributed by atoms with Gasteiger partial charge in [-0.2, -0.15) is 8.42 Å². The molecule has 0 spiro atoms. The van der Waals surface area contributed by atoms with Crippen molar-refractivity contribution in [1.29, 1.82) is 0 Å². The minimum Gasteiger partial charge on any atom is -0.249 e. The Balaban J connectivity index is 1.76. The van der Waals surface area contributed by atoms with E-state index in [1.807, 2.05) is 31.2 Å². The molecule has 1 aliphatic carbocycles. The van der Waals surface area contributed by atoms with Gasteiger partial charge in [0, 0.05) is 31.5 Å². The Kier molecular flexibility index (Phi) is 3.34. The Hall–Kier alpha value is -2.22. The summed E-state index contributed by atoms with van der Waals surface area (Å²) in [5.74, 6) is -3.44. The number of aryl methyl sites for hydroxylation is 1. The van der Waals surface area contributed by atoms with Gasteiger partial charge in [0.05, 0.1) is 11.4 Å². The third-order valence-electron chi connectivity index (χ3n) is 4.81. The number of hydrogen-bond acceptors (Lipinski definition) is 3. The number of fused-ring (bicyclic) bond motifs is 1. The molecule has 25 heavy (non-hydrogen) atoms. The van der Waals surface area contributed by atoms with Gasteiger partial charge in [-0.1, -0.05) is 24.3 Å². The standard InChI is InChI=1S/C17H17F2N3O2S/c1-11-5-3-4-6-13(11)14-7-8-15-16(20-14)21(2)25(23,24)22(15)10-12-9-17(12,18)19/h3-8,12H,9-10H2,1-2H3. The van der Waals surface area contributed by atoms with Crippen LogP contribution >= 0.6 is 0 Å². The van der Waals surface area contributed by atoms with Gasteiger partial charge in [0.1, 0.15) is 0 Å². The summed E-state index contributed by atoms with van der Waals surface area (Å²) in [6.07, 6.45) is -0.271. The van der Waals surface area contributed by atoms with Gasteiger partial charge in [-0.15, -0.1) is 0 Å². The monoisotopic (exact) mass is 365 g/mol. The Morgan fingerprint density at radius 3 is 2.56 bits per heavy atom. The highest BCUT2D eigenvalue weighted by Crippen LogP contribution is 2.51. The fourth-order valence-corrected chi connectivity index (χ4v) is 4.53. The molecular weight excluding hydrogens is 348 g/mol. The van der Waals surface area contributed by atoms with Crippen LogP contribution in [0.5, 0.6) is 0 Å². The number of pyridine rings is 1. The Bertz CT molecular complexity index is 962. The number of aromatic nitrogens is 1. The molecule has 2 aromatic rings. The molecule has 1 fully saturated rings. The van der Waals surface area contributed by atoms with E-state index in [1.165, 1.54) is 7.05 Å². The third kappa shape index (κ3) is 2.47. The van der Waals surface area contributed by atoms with E-state index in [0.29, 0.717) is 11.4 Å². The molecule has 132 valence electrons. The second-order valence-corrected chi connectivity index (χ2v) is 8.41. The molecule has 2 heterocycles. The van der Waals surface area contributed by atoms with Crippen LogP contribution in [0.2, 0.25) is 0 Å². The van der Waals surface area contributed by atoms with Crippen LogP contribution in [0.4, 0.5) is 20.3 Å². The van der Waals surface area contributed by atoms with Crippen LogP contribution in [0, 0.1) is 12.8 Å². The summed E-state index contributed by atoms with van der Waals surface area (Å²) in [4.78, 5) is 4.49. The van der Waals surface area contributed by atoms with Gasteiger partial charge in [0.25, 0.3) is 5.92 Å². The first kappa shape index (κ1) is 16.3. The van der Waals surface area contributed by atoms with Gasteiger partial charge in [-0.05, 0) is 24.6 Å². The van der Waals surface area contributed by atoms with E-state index < -0.39 is 22.0 Å². The van der Waals surface area contributed by atoms with Gasteiger partial charge in [0.15, 0.2) is 5.82 Å². The van der Waals surface area contributed by atoms with Crippen molar-refractivity contribution in [3.63, 3.8) is 0 Å². The van der Waals surface area contributed by atoms with Crippen molar-refractivity contribution in [2.24, 2.45) is 5.92 Å². The smallest absolute Gasteiger partial charge is 0.249 e. The minimum atomic E-state index is -3.87. The lowest BCUT2D eigenvalue weighted by atomic mass is 10.1. The molecule has 1 aliphatic heterocycles. The summed E-state index contributed by atoms with van der Waals surface area (Å²) >= 11 is 0. The normalized spacial score (nSPS) is 22.8. The number of benzene rings is 1. The van der Waals surface area contributed by atoms with Crippen molar-refractivity contribution in [2.45, 2.75) is 19.3 Å². The lowest BCUT2D eigenvalue weighted by molar-refractivity contribution is 0.101. The molecule has 1 aromatic heterocycles. The van der Waals surface area contributed by atoms with Crippen molar-refractivity contribution < 1.29 is 17.2 Å². The average molecular weight is 365 g/mol. The summed E-state index contributed by atoms with van der Waals surface area (Å²) in [6, 6.07) is 11.0. The molecule has 1 unspecified atom stereocenters. The molecule has 0 amide bonds. The molecule has 1 atom stereocenters. The number of halogens is 2. The Morgan fingerprint density at radius 2 is 1.92 bits per heavy atom. The molecule has 0 N–H and O–H groups in total. The number of anilines is 2. The Labute approximate surface area is 145 Å². The first-order chi connectivity index (χ1) is 11.7. The number of alkyl halides is 2. The molecule has 8 heteroatoms. The van der Waals surface area contributed by atoms with Gasteiger partial charge in [0.2, 0.25) is 0 Å². The van der Waals surface area contributed by atoms with E-state index in [0.717, 1.165) is 19.7 Å². The zero-order chi connectivity index (χ0) is 18.0. The first-order valence-corrected chi connectivity index (χ1v) is 9.33. The largest absolute Gasteiger partial charge is 0.327 e. The maximum absolute atomic E-state index is 13.3. The predicted octanol–water partition coefficient (Wildman–Crippen LogP) is 3.21. The minimum absolute atomic E-state index is 0.224. The summed E-state index contributed by atoms with van der Waals surface area (Å²) in [5, 5.41) is 0. The highest BCUT2D eigenvalue weighted by molar-refractivity contribution is 7.94. The second-order valence-electron chi connectivity index (χ2n) is 6.52. The lowest BCUT2D eigenvalue weighted by Crippen LogP contribution is -2.37. The van der Waals surface area contributed by atoms with E-state index >= 15 is 0 Å². The van der Waals surface area contributed by atoms with Crippen LogP contribution in [0.25, 0.3) is 11.3 Å². The highest BCUT2D eigenvalue weighted by Gasteiger charge is 2.59. The van der Waals surface area contributed by atoms with E-state index in [4.69, 9.17) is 0 Å². The van der Waals surface area contributed by atoms with E-state index in [2.05, 4.69) is 4.98 Å². The summed E-state index contributed by atoms with van der Waals surface area (Å²) < 4.78 is 53.8. The second kappa shape index (κ2) is 5.14. The van der Waals surface area contributed by atoms with Crippen LogP contribution in [0.15, 0.2) is 36.4 Å². The zero-order valence-corrected chi connectivity index (χ0v) is 14.6. The fraction of sp³-hybridized carbons (Fsp3) is 0.353. The van der Waals surface area contributed by atoms with Gasteiger partial charge < -0.3 is 0 Å². The number of hydrogen-bond donors (Lipinski definition) is 0. The molecule has 0 radical (unpaired) electrons. The van der Waals surface area contributed by atoms with Crippen LogP contribution in [-0.4, -0.2) is 32.9 Å². The first-order valence-electron chi connectivity index (χ1n) is 7.93. The summed E-state index contributed by atoms with van der Waals surface area (Å²) in [7, 11) is -2.47. The molecular formula is C17H17F2N3O2S. The van der Waals surface area contributed by atoms with Crippen LogP contribution < -0.4 is 8.61 Å². The molecule has 2 aliphatic rings. The molecule has 1 saturated carbocycles. The van der Waals surface area contributed by atoms with Crippen LogP contribution in [-0.2, 0) is 10.2 Å². The van der Waals surface area contributed by atoms with Gasteiger partial charge >= 0.3 is 10.2 Å². The van der Waals surface area contributed by atoms with Crippen molar-refractivity contribution in [2.75, 3.05) is 22.2 Å². The topological polar surface area (TPSA) is 53.5 Å². The lowest BCUT2D eigenvalue weighted by Gasteiger charge is -2.18. The quantitative estimate of drug-likeness (QED) is 0.839. The van der Waals surface area contributed by atoms with E-state index in [1.54, 1.807) is 12.1 Å². The summed E-state index contributed by atoms with van der Waals surface area (Å²) in [6.45, 7) is 1.73. The van der Waals surface area contributed by atoms with E-state index in [9.17, 15) is 17.2 Å². The van der Waals surface area contributed by atoms with Crippen molar-refractivity contribution in [1.82, 2.24) is 4.98 Å². The van der Waals surface area contributed by atoms with Gasteiger partial charge in [-0.3, -0.25) is 0 Å². The third-order valence-corrected chi connectivity index (χ3v) is 6.58. The van der Waals surface area contributed by atoms with E-state index in [-0.39, 0.29) is 18.8 Å². The molecule has 0 saturated heterocycles.